The van der Waals surface area contributed by atoms with Crippen molar-refractivity contribution >= 4 is 33.3 Å². The average Bonchev–Trinajstić information content (AvgIpc) is 2.34. The van der Waals surface area contributed by atoms with Gasteiger partial charge in [0.15, 0.2) is 0 Å². The van der Waals surface area contributed by atoms with Gasteiger partial charge in [0.2, 0.25) is 10.0 Å². The number of nitrogens with one attached hydrogen (secondary N) is 2. The van der Waals surface area contributed by atoms with Crippen LogP contribution in [0.25, 0.3) is 0 Å². The topological polar surface area (TPSA) is 140 Å². The van der Waals surface area contributed by atoms with E-state index in [1.807, 2.05) is 0 Å². The van der Waals surface area contributed by atoms with Crippen LogP contribution in [0.2, 0.25) is 0 Å². The number of pyridine rings is 1. The van der Waals surface area contributed by atoms with E-state index in [2.05, 4.69) is 15.0 Å². The van der Waals surface area contributed by atoms with Crippen LogP contribution in [0.1, 0.15) is 5.69 Å². The van der Waals surface area contributed by atoms with E-state index >= 15 is 0 Å². The SMILES string of the molecule is NC(=O)NCCNS(=O)(=O)c1ccc(C(N)=S)nc1. The maximum Gasteiger partial charge on any atom is 0.312 e. The number of hydrogen-bond acceptors (Lipinski definition) is 5. The number of aromatic nitrogens is 1. The molecular formula is C9H13N5O3S2. The normalized spacial score (nSPS) is 10.9. The number of rotatable bonds is 6. The number of sulfonamides is 1. The maximum atomic E-state index is 11.8. The standard InChI is InChI=1S/C9H13N5O3S2/c10-8(18)7-2-1-6(5-13-7)19(16,17)14-4-3-12-9(11)15/h1-2,5,14H,3-4H2,(H2,10,18)(H3,11,12,15). The summed E-state index contributed by atoms with van der Waals surface area (Å²) in [7, 11) is -3.69. The molecule has 1 heterocycles. The number of hydrogen-bond donors (Lipinski definition) is 4. The Balaban J connectivity index is 2.66. The smallest absolute Gasteiger partial charge is 0.312 e. The number of carbonyl (C=O) groups excluding carboxylic acids is 1. The first-order valence-corrected chi connectivity index (χ1v) is 7.01. The molecule has 0 spiro atoms. The van der Waals surface area contributed by atoms with E-state index in [0.717, 1.165) is 6.20 Å². The molecule has 0 radical (unpaired) electrons. The molecule has 6 N–H and O–H groups in total. The van der Waals surface area contributed by atoms with Crippen molar-refractivity contribution in [3.8, 4) is 0 Å². The zero-order chi connectivity index (χ0) is 14.5. The van der Waals surface area contributed by atoms with Crippen LogP contribution < -0.4 is 21.5 Å². The van der Waals surface area contributed by atoms with Gasteiger partial charge in [0.05, 0.1) is 5.69 Å². The highest BCUT2D eigenvalue weighted by molar-refractivity contribution is 7.89. The lowest BCUT2D eigenvalue weighted by atomic mass is 10.3. The summed E-state index contributed by atoms with van der Waals surface area (Å²) in [5, 5.41) is 2.26. The minimum absolute atomic E-state index is 0.0162. The lowest BCUT2D eigenvalue weighted by molar-refractivity contribution is 0.249. The van der Waals surface area contributed by atoms with E-state index in [0.29, 0.717) is 5.69 Å². The van der Waals surface area contributed by atoms with Gasteiger partial charge in [0, 0.05) is 19.3 Å². The molecule has 0 saturated carbocycles. The summed E-state index contributed by atoms with van der Waals surface area (Å²) >= 11 is 4.71. The lowest BCUT2D eigenvalue weighted by Gasteiger charge is -2.07. The van der Waals surface area contributed by atoms with Gasteiger partial charge in [-0.25, -0.2) is 17.9 Å². The highest BCUT2D eigenvalue weighted by Crippen LogP contribution is 2.07. The van der Waals surface area contributed by atoms with Crippen LogP contribution in [-0.2, 0) is 10.0 Å². The molecule has 0 aromatic carbocycles. The molecule has 1 aromatic heterocycles. The first kappa shape index (κ1) is 15.3. The Labute approximate surface area is 115 Å². The highest BCUT2D eigenvalue weighted by atomic mass is 32.2. The zero-order valence-corrected chi connectivity index (χ0v) is 11.4. The van der Waals surface area contributed by atoms with E-state index < -0.39 is 16.1 Å². The van der Waals surface area contributed by atoms with Crippen molar-refractivity contribution in [1.82, 2.24) is 15.0 Å². The van der Waals surface area contributed by atoms with Gasteiger partial charge in [-0.1, -0.05) is 12.2 Å². The minimum Gasteiger partial charge on any atom is -0.388 e. The van der Waals surface area contributed by atoms with Crippen LogP contribution in [-0.4, -0.2) is 37.5 Å². The van der Waals surface area contributed by atoms with Gasteiger partial charge < -0.3 is 16.8 Å². The van der Waals surface area contributed by atoms with Crippen LogP contribution in [0.3, 0.4) is 0 Å². The van der Waals surface area contributed by atoms with Gasteiger partial charge in [-0.2, -0.15) is 0 Å². The summed E-state index contributed by atoms with van der Waals surface area (Å²) in [6, 6.07) is 2.03. The van der Waals surface area contributed by atoms with Crippen molar-refractivity contribution in [2.24, 2.45) is 11.5 Å². The van der Waals surface area contributed by atoms with Crippen LogP contribution >= 0.6 is 12.2 Å². The monoisotopic (exact) mass is 303 g/mol. The van der Waals surface area contributed by atoms with Crippen LogP contribution in [0.15, 0.2) is 23.2 Å². The predicted octanol–water partition coefficient (Wildman–Crippen LogP) is -1.34. The zero-order valence-electron chi connectivity index (χ0n) is 9.79. The summed E-state index contributed by atoms with van der Waals surface area (Å²) in [5.74, 6) is 0. The van der Waals surface area contributed by atoms with Crippen molar-refractivity contribution in [3.63, 3.8) is 0 Å². The predicted molar refractivity (Wildman–Crippen MR) is 72.9 cm³/mol. The van der Waals surface area contributed by atoms with Crippen LogP contribution in [0.4, 0.5) is 4.79 Å². The van der Waals surface area contributed by atoms with Gasteiger partial charge in [-0.05, 0) is 12.1 Å². The van der Waals surface area contributed by atoms with E-state index in [4.69, 9.17) is 23.7 Å². The second kappa shape index (κ2) is 6.41. The quantitative estimate of drug-likeness (QED) is 0.379. The number of urea groups is 1. The Bertz CT molecular complexity index is 570. The minimum atomic E-state index is -3.69. The third kappa shape index (κ3) is 4.77. The summed E-state index contributed by atoms with van der Waals surface area (Å²) in [4.78, 5) is 14.3. The van der Waals surface area contributed by atoms with E-state index in [9.17, 15) is 13.2 Å². The summed E-state index contributed by atoms with van der Waals surface area (Å²) < 4.78 is 25.9. The van der Waals surface area contributed by atoms with Gasteiger partial charge in [-0.3, -0.25) is 4.98 Å². The fraction of sp³-hybridized carbons (Fsp3) is 0.222. The van der Waals surface area contributed by atoms with Crippen molar-refractivity contribution < 1.29 is 13.2 Å². The first-order chi connectivity index (χ1) is 8.83. The van der Waals surface area contributed by atoms with E-state index in [-0.39, 0.29) is 23.0 Å². The molecule has 19 heavy (non-hydrogen) atoms. The molecule has 1 aromatic rings. The molecule has 10 heteroatoms. The van der Waals surface area contributed by atoms with E-state index in [1.54, 1.807) is 0 Å². The number of carbonyl (C=O) groups is 1. The Morgan fingerprint density at radius 3 is 2.47 bits per heavy atom. The third-order valence-corrected chi connectivity index (χ3v) is 3.67. The van der Waals surface area contributed by atoms with Gasteiger partial charge in [-0.15, -0.1) is 0 Å². The second-order valence-corrected chi connectivity index (χ2v) is 5.64. The fourth-order valence-corrected chi connectivity index (χ4v) is 2.24. The fourth-order valence-electron chi connectivity index (χ4n) is 1.14. The molecule has 0 atom stereocenters. The Hall–Kier alpha value is -1.78. The molecule has 8 nitrogen and oxygen atoms in total. The van der Waals surface area contributed by atoms with Crippen molar-refractivity contribution in [2.75, 3.05) is 13.1 Å². The number of thiocarbonyl (C=S) groups is 1. The third-order valence-electron chi connectivity index (χ3n) is 2.02. The number of primary amides is 1. The Morgan fingerprint density at radius 1 is 1.32 bits per heavy atom. The highest BCUT2D eigenvalue weighted by Gasteiger charge is 2.14. The second-order valence-electron chi connectivity index (χ2n) is 3.43. The lowest BCUT2D eigenvalue weighted by Crippen LogP contribution is -2.37. The summed E-state index contributed by atoms with van der Waals surface area (Å²) in [5.41, 5.74) is 10.5. The molecule has 0 saturated heterocycles. The van der Waals surface area contributed by atoms with E-state index in [1.165, 1.54) is 12.1 Å². The average molecular weight is 303 g/mol. The molecule has 104 valence electrons. The largest absolute Gasteiger partial charge is 0.388 e. The van der Waals surface area contributed by atoms with Crippen LogP contribution in [0, 0.1) is 0 Å². The van der Waals surface area contributed by atoms with Crippen LogP contribution in [0.5, 0.6) is 0 Å². The first-order valence-electron chi connectivity index (χ1n) is 5.12. The van der Waals surface area contributed by atoms with Gasteiger partial charge in [0.1, 0.15) is 9.88 Å². The number of nitrogens with two attached hydrogens (primary N) is 2. The molecule has 0 unspecified atom stereocenters. The van der Waals surface area contributed by atoms with Crippen molar-refractivity contribution in [2.45, 2.75) is 4.90 Å². The Kier molecular flexibility index (Phi) is 5.15. The molecule has 1 rings (SSSR count). The van der Waals surface area contributed by atoms with Crippen molar-refractivity contribution in [1.29, 1.82) is 0 Å². The molecule has 0 aliphatic carbocycles. The van der Waals surface area contributed by atoms with Gasteiger partial charge >= 0.3 is 6.03 Å². The molecule has 2 amide bonds. The molecular weight excluding hydrogens is 290 g/mol. The van der Waals surface area contributed by atoms with Crippen molar-refractivity contribution in [3.05, 3.63) is 24.0 Å². The Morgan fingerprint density at radius 2 is 2.00 bits per heavy atom. The van der Waals surface area contributed by atoms with Gasteiger partial charge in [0.25, 0.3) is 0 Å². The maximum absolute atomic E-state index is 11.8. The summed E-state index contributed by atoms with van der Waals surface area (Å²) in [6.07, 6.45) is 1.15. The number of nitrogens with zero attached hydrogens (tertiary/aromatic N) is 1. The molecule has 0 bridgehead atoms. The number of amides is 2. The summed E-state index contributed by atoms with van der Waals surface area (Å²) in [6.45, 7) is 0.106. The molecule has 0 fully saturated rings. The molecule has 0 aliphatic rings. The molecule has 0 aliphatic heterocycles.